The minimum Gasteiger partial charge on any atom is -0.490 e. The first kappa shape index (κ1) is 17.3. The lowest BCUT2D eigenvalue weighted by Crippen LogP contribution is -2.10. The van der Waals surface area contributed by atoms with Crippen molar-refractivity contribution in [1.29, 1.82) is 0 Å². The quantitative estimate of drug-likeness (QED) is 0.274. The zero-order valence-corrected chi connectivity index (χ0v) is 13.1. The van der Waals surface area contributed by atoms with Crippen LogP contribution in [0.4, 0.5) is 0 Å². The summed E-state index contributed by atoms with van der Waals surface area (Å²) >= 11 is 0. The Hall–Kier alpha value is -1.77. The van der Waals surface area contributed by atoms with Gasteiger partial charge in [-0.3, -0.25) is 0 Å². The number of ether oxygens (including phenoxy) is 2. The highest BCUT2D eigenvalue weighted by atomic mass is 16.6. The van der Waals surface area contributed by atoms with Crippen LogP contribution in [0.1, 0.15) is 51.0 Å². The number of benzene rings is 1. The largest absolute Gasteiger partial charge is 0.490 e. The van der Waals surface area contributed by atoms with Crippen LogP contribution in [-0.2, 0) is 14.3 Å². The fraction of sp³-hybridized carbons (Fsp3) is 0.500. The highest BCUT2D eigenvalue weighted by Crippen LogP contribution is 2.10. The van der Waals surface area contributed by atoms with Gasteiger partial charge in [0.1, 0.15) is 0 Å². The zero-order chi connectivity index (χ0) is 15.3. The minimum absolute atomic E-state index is 0.243. The monoisotopic (exact) mass is 290 g/mol. The van der Waals surface area contributed by atoms with Gasteiger partial charge in [0.25, 0.3) is 0 Å². The van der Waals surface area contributed by atoms with Crippen LogP contribution < -0.4 is 0 Å². The summed E-state index contributed by atoms with van der Waals surface area (Å²) in [5, 5.41) is 0. The lowest BCUT2D eigenvalue weighted by atomic mass is 10.1. The third kappa shape index (κ3) is 7.54. The predicted octanol–water partition coefficient (Wildman–Crippen LogP) is 4.58. The molecule has 0 amide bonds. The summed E-state index contributed by atoms with van der Waals surface area (Å²) in [5.74, 6) is -0.151. The standard InChI is InChI=1S/C18H26O3/c1-3-4-5-6-7-11-14-21-18(19)17(20-2)15-16-12-9-8-10-13-16/h8-10,12-13,15H,3-7,11,14H2,1-2H3/b17-15-. The Bertz CT molecular complexity index is 423. The summed E-state index contributed by atoms with van der Waals surface area (Å²) in [6.45, 7) is 2.66. The average molecular weight is 290 g/mol. The van der Waals surface area contributed by atoms with Crippen LogP contribution in [0.3, 0.4) is 0 Å². The fourth-order valence-corrected chi connectivity index (χ4v) is 2.02. The molecule has 3 nitrogen and oxygen atoms in total. The van der Waals surface area contributed by atoms with Crippen LogP contribution in [0.2, 0.25) is 0 Å². The normalized spacial score (nSPS) is 11.2. The second kappa shape index (κ2) is 11.0. The maximum Gasteiger partial charge on any atom is 0.373 e. The number of carbonyl (C=O) groups excluding carboxylic acids is 1. The molecule has 0 bridgehead atoms. The van der Waals surface area contributed by atoms with Crippen LogP contribution in [0.15, 0.2) is 36.1 Å². The summed E-state index contributed by atoms with van der Waals surface area (Å²) in [6.07, 6.45) is 8.73. The van der Waals surface area contributed by atoms with E-state index in [1.165, 1.54) is 32.8 Å². The SMILES string of the molecule is CCCCCCCCOC(=O)/C(=C/c1ccccc1)OC. The molecule has 116 valence electrons. The van der Waals surface area contributed by atoms with Gasteiger partial charge in [-0.15, -0.1) is 0 Å². The van der Waals surface area contributed by atoms with Crippen molar-refractivity contribution in [2.24, 2.45) is 0 Å². The molecular weight excluding hydrogens is 264 g/mol. The maximum absolute atomic E-state index is 11.9. The van der Waals surface area contributed by atoms with Gasteiger partial charge in [-0.2, -0.15) is 0 Å². The Kier molecular flexibility index (Phi) is 9.01. The molecule has 0 aliphatic heterocycles. The molecule has 0 aliphatic carbocycles. The smallest absolute Gasteiger partial charge is 0.373 e. The predicted molar refractivity (Wildman–Crippen MR) is 85.8 cm³/mol. The zero-order valence-electron chi connectivity index (χ0n) is 13.1. The van der Waals surface area contributed by atoms with Gasteiger partial charge >= 0.3 is 5.97 Å². The van der Waals surface area contributed by atoms with Gasteiger partial charge in [-0.25, -0.2) is 4.79 Å². The lowest BCUT2D eigenvalue weighted by Gasteiger charge is -2.07. The molecule has 0 saturated carbocycles. The van der Waals surface area contributed by atoms with Crippen LogP contribution in [0.5, 0.6) is 0 Å². The van der Waals surface area contributed by atoms with Crippen molar-refractivity contribution in [2.75, 3.05) is 13.7 Å². The van der Waals surface area contributed by atoms with Gasteiger partial charge in [0, 0.05) is 0 Å². The van der Waals surface area contributed by atoms with Crippen molar-refractivity contribution in [3.8, 4) is 0 Å². The number of hydrogen-bond acceptors (Lipinski definition) is 3. The van der Waals surface area contributed by atoms with Crippen LogP contribution in [0, 0.1) is 0 Å². The number of unbranched alkanes of at least 4 members (excludes halogenated alkanes) is 5. The summed E-state index contributed by atoms with van der Waals surface area (Å²) in [7, 11) is 1.49. The maximum atomic E-state index is 11.9. The lowest BCUT2D eigenvalue weighted by molar-refractivity contribution is -0.142. The Labute approximate surface area is 128 Å². The van der Waals surface area contributed by atoms with Crippen molar-refractivity contribution in [3.63, 3.8) is 0 Å². The van der Waals surface area contributed by atoms with E-state index in [1.54, 1.807) is 6.08 Å². The van der Waals surface area contributed by atoms with E-state index in [0.29, 0.717) is 6.61 Å². The molecule has 0 heterocycles. The van der Waals surface area contributed by atoms with Crippen LogP contribution in [-0.4, -0.2) is 19.7 Å². The van der Waals surface area contributed by atoms with E-state index in [9.17, 15) is 4.79 Å². The van der Waals surface area contributed by atoms with Crippen molar-refractivity contribution in [2.45, 2.75) is 45.4 Å². The van der Waals surface area contributed by atoms with Crippen molar-refractivity contribution in [1.82, 2.24) is 0 Å². The molecule has 0 N–H and O–H groups in total. The molecule has 21 heavy (non-hydrogen) atoms. The van der Waals surface area contributed by atoms with Crippen molar-refractivity contribution >= 4 is 12.0 Å². The number of methoxy groups -OCH3 is 1. The first-order valence-corrected chi connectivity index (χ1v) is 7.75. The number of esters is 1. The Morgan fingerprint density at radius 2 is 1.71 bits per heavy atom. The highest BCUT2D eigenvalue weighted by molar-refractivity contribution is 5.91. The Morgan fingerprint density at radius 3 is 2.38 bits per heavy atom. The molecule has 1 rings (SSSR count). The van der Waals surface area contributed by atoms with Crippen LogP contribution in [0.25, 0.3) is 6.08 Å². The van der Waals surface area contributed by atoms with Crippen molar-refractivity contribution < 1.29 is 14.3 Å². The number of rotatable bonds is 10. The second-order valence-electron chi connectivity index (χ2n) is 5.03. The Morgan fingerprint density at radius 1 is 1.05 bits per heavy atom. The fourth-order valence-electron chi connectivity index (χ4n) is 2.02. The minimum atomic E-state index is -0.394. The third-order valence-corrected chi connectivity index (χ3v) is 3.25. The molecular formula is C18H26O3. The summed E-state index contributed by atoms with van der Waals surface area (Å²) in [4.78, 5) is 11.9. The molecule has 0 unspecified atom stereocenters. The van der Waals surface area contributed by atoms with Gasteiger partial charge in [-0.05, 0) is 18.1 Å². The molecule has 0 fully saturated rings. The van der Waals surface area contributed by atoms with E-state index in [1.807, 2.05) is 30.3 Å². The topological polar surface area (TPSA) is 35.5 Å². The molecule has 0 aromatic heterocycles. The summed E-state index contributed by atoms with van der Waals surface area (Å²) in [5.41, 5.74) is 0.922. The highest BCUT2D eigenvalue weighted by Gasteiger charge is 2.11. The average Bonchev–Trinajstić information content (AvgIpc) is 2.52. The Balaban J connectivity index is 2.30. The molecule has 1 aromatic rings. The molecule has 0 spiro atoms. The summed E-state index contributed by atoms with van der Waals surface area (Å²) < 4.78 is 10.4. The second-order valence-corrected chi connectivity index (χ2v) is 5.03. The third-order valence-electron chi connectivity index (χ3n) is 3.25. The van der Waals surface area contributed by atoms with Gasteiger partial charge in [0.2, 0.25) is 5.76 Å². The first-order chi connectivity index (χ1) is 10.3. The van der Waals surface area contributed by atoms with Crippen molar-refractivity contribution in [3.05, 3.63) is 41.7 Å². The van der Waals surface area contributed by atoms with E-state index in [-0.39, 0.29) is 5.76 Å². The van der Waals surface area contributed by atoms with E-state index in [2.05, 4.69) is 6.92 Å². The molecule has 0 atom stereocenters. The first-order valence-electron chi connectivity index (χ1n) is 7.75. The van der Waals surface area contributed by atoms with E-state index >= 15 is 0 Å². The van der Waals surface area contributed by atoms with Crippen LogP contribution >= 0.6 is 0 Å². The number of hydrogen-bond donors (Lipinski definition) is 0. The van der Waals surface area contributed by atoms with Gasteiger partial charge in [-0.1, -0.05) is 69.4 Å². The number of carbonyl (C=O) groups is 1. The van der Waals surface area contributed by atoms with E-state index in [4.69, 9.17) is 9.47 Å². The van der Waals surface area contributed by atoms with E-state index < -0.39 is 5.97 Å². The molecule has 3 heteroatoms. The molecule has 1 aromatic carbocycles. The molecule has 0 saturated heterocycles. The van der Waals surface area contributed by atoms with E-state index in [0.717, 1.165) is 18.4 Å². The van der Waals surface area contributed by atoms with Gasteiger partial charge in [0.05, 0.1) is 13.7 Å². The summed E-state index contributed by atoms with van der Waals surface area (Å²) in [6, 6.07) is 9.60. The molecule has 0 radical (unpaired) electrons. The van der Waals surface area contributed by atoms with Gasteiger partial charge in [0.15, 0.2) is 0 Å². The molecule has 0 aliphatic rings. The van der Waals surface area contributed by atoms with Gasteiger partial charge < -0.3 is 9.47 Å².